The molecule has 0 spiro atoms. The molecule has 0 saturated carbocycles. The van der Waals surface area contributed by atoms with Crippen molar-refractivity contribution in [2.45, 2.75) is 33.1 Å². The van der Waals surface area contributed by atoms with Crippen LogP contribution < -0.4 is 15.2 Å². The van der Waals surface area contributed by atoms with Crippen LogP contribution in [0.5, 0.6) is 11.5 Å². The van der Waals surface area contributed by atoms with Gasteiger partial charge < -0.3 is 15.2 Å². The van der Waals surface area contributed by atoms with E-state index in [0.29, 0.717) is 19.1 Å². The lowest BCUT2D eigenvalue weighted by Gasteiger charge is -2.19. The number of rotatable bonds is 7. The first-order valence-corrected chi connectivity index (χ1v) is 8.16. The topological polar surface area (TPSA) is 44.5 Å². The molecule has 0 saturated heterocycles. The number of benzene rings is 2. The Morgan fingerprint density at radius 2 is 1.83 bits per heavy atom. The molecule has 0 bridgehead atoms. The van der Waals surface area contributed by atoms with Crippen LogP contribution in [0, 0.1) is 13.8 Å². The Morgan fingerprint density at radius 3 is 2.43 bits per heavy atom. The summed E-state index contributed by atoms with van der Waals surface area (Å²) >= 11 is 0. The first kappa shape index (κ1) is 17.4. The van der Waals surface area contributed by atoms with Gasteiger partial charge in [0.2, 0.25) is 0 Å². The van der Waals surface area contributed by atoms with Crippen molar-refractivity contribution in [2.24, 2.45) is 5.73 Å². The maximum Gasteiger partial charge on any atom is 0.161 e. The second kappa shape index (κ2) is 8.02. The average Bonchev–Trinajstić information content (AvgIpc) is 2.54. The standard InChI is InChI=1S/C20H27NO2/c1-5-23-20-12-16(7-9-19(20)22-4)11-17(13-21)18-8-6-14(2)10-15(18)3/h6-10,12,17H,5,11,13,21H2,1-4H3. The third-order valence-electron chi connectivity index (χ3n) is 4.16. The summed E-state index contributed by atoms with van der Waals surface area (Å²) in [6, 6.07) is 12.7. The van der Waals surface area contributed by atoms with Gasteiger partial charge in [-0.15, -0.1) is 0 Å². The molecule has 2 rings (SSSR count). The Labute approximate surface area is 139 Å². The van der Waals surface area contributed by atoms with Crippen molar-refractivity contribution < 1.29 is 9.47 Å². The molecule has 124 valence electrons. The summed E-state index contributed by atoms with van der Waals surface area (Å²) in [6.45, 7) is 7.50. The smallest absolute Gasteiger partial charge is 0.161 e. The third kappa shape index (κ3) is 4.26. The zero-order valence-electron chi connectivity index (χ0n) is 14.6. The van der Waals surface area contributed by atoms with E-state index in [1.54, 1.807) is 7.11 Å². The van der Waals surface area contributed by atoms with Gasteiger partial charge in [0, 0.05) is 5.92 Å². The summed E-state index contributed by atoms with van der Waals surface area (Å²) in [7, 11) is 1.66. The highest BCUT2D eigenvalue weighted by Crippen LogP contribution is 2.31. The van der Waals surface area contributed by atoms with E-state index in [9.17, 15) is 0 Å². The first-order chi connectivity index (χ1) is 11.1. The van der Waals surface area contributed by atoms with Crippen molar-refractivity contribution in [3.63, 3.8) is 0 Å². The van der Waals surface area contributed by atoms with E-state index in [1.165, 1.54) is 22.3 Å². The minimum Gasteiger partial charge on any atom is -0.493 e. The monoisotopic (exact) mass is 313 g/mol. The lowest BCUT2D eigenvalue weighted by atomic mass is 9.88. The molecular formula is C20H27NO2. The van der Waals surface area contributed by atoms with Crippen LogP contribution in [0.3, 0.4) is 0 Å². The van der Waals surface area contributed by atoms with E-state index in [2.05, 4.69) is 44.2 Å². The van der Waals surface area contributed by atoms with Crippen molar-refractivity contribution in [3.8, 4) is 11.5 Å². The fourth-order valence-electron chi connectivity index (χ4n) is 3.00. The van der Waals surface area contributed by atoms with E-state index < -0.39 is 0 Å². The average molecular weight is 313 g/mol. The van der Waals surface area contributed by atoms with Crippen LogP contribution in [0.2, 0.25) is 0 Å². The molecule has 1 unspecified atom stereocenters. The zero-order valence-corrected chi connectivity index (χ0v) is 14.6. The van der Waals surface area contributed by atoms with Crippen LogP contribution in [0.15, 0.2) is 36.4 Å². The van der Waals surface area contributed by atoms with Gasteiger partial charge in [-0.05, 0) is 62.6 Å². The largest absolute Gasteiger partial charge is 0.493 e. The summed E-state index contributed by atoms with van der Waals surface area (Å²) in [5, 5.41) is 0. The van der Waals surface area contributed by atoms with Crippen LogP contribution >= 0.6 is 0 Å². The van der Waals surface area contributed by atoms with Crippen LogP contribution in [0.1, 0.15) is 35.1 Å². The Hall–Kier alpha value is -2.00. The summed E-state index contributed by atoms with van der Waals surface area (Å²) in [6.07, 6.45) is 0.893. The van der Waals surface area contributed by atoms with Crippen molar-refractivity contribution >= 4 is 0 Å². The Balaban J connectivity index is 2.26. The van der Waals surface area contributed by atoms with Crippen LogP contribution in [0.4, 0.5) is 0 Å². The lowest BCUT2D eigenvalue weighted by molar-refractivity contribution is 0.310. The predicted octanol–water partition coefficient (Wildman–Crippen LogP) is 4.00. The quantitative estimate of drug-likeness (QED) is 0.840. The third-order valence-corrected chi connectivity index (χ3v) is 4.16. The Bertz CT molecular complexity index is 652. The normalized spacial score (nSPS) is 12.0. The molecule has 23 heavy (non-hydrogen) atoms. The van der Waals surface area contributed by atoms with E-state index in [4.69, 9.17) is 15.2 Å². The molecule has 0 aliphatic heterocycles. The van der Waals surface area contributed by atoms with Gasteiger partial charge in [0.25, 0.3) is 0 Å². The maximum atomic E-state index is 6.06. The van der Waals surface area contributed by atoms with Crippen molar-refractivity contribution in [1.29, 1.82) is 0 Å². The molecule has 0 fully saturated rings. The first-order valence-electron chi connectivity index (χ1n) is 8.16. The highest BCUT2D eigenvalue weighted by Gasteiger charge is 2.15. The van der Waals surface area contributed by atoms with E-state index >= 15 is 0 Å². The van der Waals surface area contributed by atoms with Gasteiger partial charge in [0.15, 0.2) is 11.5 Å². The summed E-state index contributed by atoms with van der Waals surface area (Å²) < 4.78 is 11.0. The van der Waals surface area contributed by atoms with Crippen LogP contribution in [-0.2, 0) is 6.42 Å². The van der Waals surface area contributed by atoms with Gasteiger partial charge in [-0.25, -0.2) is 0 Å². The molecule has 2 aromatic carbocycles. The van der Waals surface area contributed by atoms with Gasteiger partial charge in [0.1, 0.15) is 0 Å². The molecule has 3 nitrogen and oxygen atoms in total. The van der Waals surface area contributed by atoms with Gasteiger partial charge in [-0.3, -0.25) is 0 Å². The fourth-order valence-corrected chi connectivity index (χ4v) is 3.00. The minimum atomic E-state index is 0.304. The number of methoxy groups -OCH3 is 1. The zero-order chi connectivity index (χ0) is 16.8. The van der Waals surface area contributed by atoms with Crippen LogP contribution in [0.25, 0.3) is 0 Å². The Morgan fingerprint density at radius 1 is 1.04 bits per heavy atom. The molecule has 3 heteroatoms. The molecule has 0 aliphatic carbocycles. The van der Waals surface area contributed by atoms with E-state index in [-0.39, 0.29) is 0 Å². The lowest BCUT2D eigenvalue weighted by Crippen LogP contribution is -2.16. The molecule has 0 radical (unpaired) electrons. The SMILES string of the molecule is CCOc1cc(CC(CN)c2ccc(C)cc2C)ccc1OC. The molecule has 0 aliphatic rings. The molecular weight excluding hydrogens is 286 g/mol. The summed E-state index contributed by atoms with van der Waals surface area (Å²) in [5.74, 6) is 1.87. The fraction of sp³-hybridized carbons (Fsp3) is 0.400. The second-order valence-electron chi connectivity index (χ2n) is 5.92. The highest BCUT2D eigenvalue weighted by molar-refractivity contribution is 5.44. The highest BCUT2D eigenvalue weighted by atomic mass is 16.5. The molecule has 2 aromatic rings. The maximum absolute atomic E-state index is 6.06. The number of nitrogens with two attached hydrogens (primary N) is 1. The van der Waals surface area contributed by atoms with Gasteiger partial charge >= 0.3 is 0 Å². The number of hydrogen-bond acceptors (Lipinski definition) is 3. The summed E-state index contributed by atoms with van der Waals surface area (Å²) in [5.41, 5.74) is 11.2. The Kier molecular flexibility index (Phi) is 6.05. The minimum absolute atomic E-state index is 0.304. The number of ether oxygens (including phenoxy) is 2. The van der Waals surface area contributed by atoms with Crippen molar-refractivity contribution in [3.05, 3.63) is 58.7 Å². The molecule has 0 heterocycles. The van der Waals surface area contributed by atoms with Crippen molar-refractivity contribution in [2.75, 3.05) is 20.3 Å². The predicted molar refractivity (Wildman–Crippen MR) is 95.6 cm³/mol. The summed E-state index contributed by atoms with van der Waals surface area (Å²) in [4.78, 5) is 0. The van der Waals surface area contributed by atoms with Gasteiger partial charge in [-0.2, -0.15) is 0 Å². The molecule has 2 N–H and O–H groups in total. The van der Waals surface area contributed by atoms with E-state index in [0.717, 1.165) is 17.9 Å². The molecule has 0 aromatic heterocycles. The second-order valence-corrected chi connectivity index (χ2v) is 5.92. The molecule has 0 amide bonds. The van der Waals surface area contributed by atoms with Crippen molar-refractivity contribution in [1.82, 2.24) is 0 Å². The molecule has 1 atom stereocenters. The number of aryl methyl sites for hydroxylation is 2. The van der Waals surface area contributed by atoms with Gasteiger partial charge in [0.05, 0.1) is 13.7 Å². The number of hydrogen-bond donors (Lipinski definition) is 1. The van der Waals surface area contributed by atoms with Crippen LogP contribution in [-0.4, -0.2) is 20.3 Å². The van der Waals surface area contributed by atoms with E-state index in [1.807, 2.05) is 13.0 Å². The van der Waals surface area contributed by atoms with Gasteiger partial charge in [-0.1, -0.05) is 29.8 Å².